The molecule has 0 spiro atoms. The van der Waals surface area contributed by atoms with Crippen LogP contribution >= 0.6 is 24.0 Å². The summed E-state index contributed by atoms with van der Waals surface area (Å²) in [5, 5.41) is 3.38. The van der Waals surface area contributed by atoms with Gasteiger partial charge in [-0.25, -0.2) is 18.1 Å². The van der Waals surface area contributed by atoms with Crippen molar-refractivity contribution in [2.75, 3.05) is 33.8 Å². The van der Waals surface area contributed by atoms with Crippen molar-refractivity contribution in [3.05, 3.63) is 59.7 Å². The molecule has 1 atom stereocenters. The van der Waals surface area contributed by atoms with Crippen LogP contribution in [0.25, 0.3) is 0 Å². The van der Waals surface area contributed by atoms with Crippen LogP contribution in [0.3, 0.4) is 0 Å². The third-order valence-corrected chi connectivity index (χ3v) is 6.75. The van der Waals surface area contributed by atoms with Crippen molar-refractivity contribution in [1.29, 1.82) is 0 Å². The maximum absolute atomic E-state index is 11.9. The monoisotopic (exact) mass is 558 g/mol. The standard InChI is InChI=1S/C22H30N4O3S.HI/c1-4-24-22(25-15-17-5-11-21(12-6-17)30(27,28)23-2)26-14-13-19(16-26)18-7-9-20(29-3)10-8-18;/h5-12,19,23H,4,13-16H2,1-3H3,(H,24,25);1H. The van der Waals surface area contributed by atoms with Crippen LogP contribution in [0.1, 0.15) is 30.4 Å². The molecule has 0 aliphatic carbocycles. The first-order valence-electron chi connectivity index (χ1n) is 10.2. The van der Waals surface area contributed by atoms with Gasteiger partial charge in [0.1, 0.15) is 5.75 Å². The molecule has 31 heavy (non-hydrogen) atoms. The van der Waals surface area contributed by atoms with Crippen LogP contribution in [0.15, 0.2) is 58.4 Å². The number of rotatable bonds is 7. The maximum Gasteiger partial charge on any atom is 0.240 e. The summed E-state index contributed by atoms with van der Waals surface area (Å²) >= 11 is 0. The molecular formula is C22H31IN4O3S. The molecule has 0 radical (unpaired) electrons. The number of hydrogen-bond donors (Lipinski definition) is 2. The summed E-state index contributed by atoms with van der Waals surface area (Å²) in [5.41, 5.74) is 2.28. The van der Waals surface area contributed by atoms with Crippen molar-refractivity contribution in [2.45, 2.75) is 30.7 Å². The number of sulfonamides is 1. The largest absolute Gasteiger partial charge is 0.497 e. The van der Waals surface area contributed by atoms with Gasteiger partial charge in [-0.2, -0.15) is 0 Å². The normalized spacial score (nSPS) is 16.7. The minimum absolute atomic E-state index is 0. The molecule has 170 valence electrons. The zero-order chi connectivity index (χ0) is 21.6. The lowest BCUT2D eigenvalue weighted by atomic mass is 9.98. The van der Waals surface area contributed by atoms with Crippen LogP contribution in [0.2, 0.25) is 0 Å². The summed E-state index contributed by atoms with van der Waals surface area (Å²) in [6, 6.07) is 15.1. The highest BCUT2D eigenvalue weighted by molar-refractivity contribution is 14.0. The molecule has 1 unspecified atom stereocenters. The smallest absolute Gasteiger partial charge is 0.240 e. The average Bonchev–Trinajstić information content (AvgIpc) is 3.27. The molecule has 7 nitrogen and oxygen atoms in total. The quantitative estimate of drug-likeness (QED) is 0.310. The molecule has 1 aliphatic rings. The third-order valence-electron chi connectivity index (χ3n) is 5.32. The van der Waals surface area contributed by atoms with Crippen LogP contribution in [-0.2, 0) is 16.6 Å². The predicted molar refractivity (Wildman–Crippen MR) is 135 cm³/mol. The number of halogens is 1. The van der Waals surface area contributed by atoms with Crippen molar-refractivity contribution in [2.24, 2.45) is 4.99 Å². The SMILES string of the molecule is CCNC(=NCc1ccc(S(=O)(=O)NC)cc1)N1CCC(c2ccc(OC)cc2)C1.I. The van der Waals surface area contributed by atoms with E-state index in [4.69, 9.17) is 9.73 Å². The van der Waals surface area contributed by atoms with Crippen molar-refractivity contribution in [1.82, 2.24) is 14.9 Å². The van der Waals surface area contributed by atoms with Crippen LogP contribution in [0.4, 0.5) is 0 Å². The second-order valence-electron chi connectivity index (χ2n) is 7.23. The molecule has 3 rings (SSSR count). The fraction of sp³-hybridized carbons (Fsp3) is 0.409. The molecule has 1 fully saturated rings. The molecule has 2 aromatic carbocycles. The van der Waals surface area contributed by atoms with Gasteiger partial charge < -0.3 is 15.0 Å². The van der Waals surface area contributed by atoms with Gasteiger partial charge in [0.2, 0.25) is 10.0 Å². The molecule has 1 aliphatic heterocycles. The lowest BCUT2D eigenvalue weighted by Gasteiger charge is -2.22. The first kappa shape index (κ1) is 25.4. The molecule has 2 aromatic rings. The number of nitrogens with one attached hydrogen (secondary N) is 2. The Hall–Kier alpha value is -1.85. The topological polar surface area (TPSA) is 83.0 Å². The van der Waals surface area contributed by atoms with E-state index in [2.05, 4.69) is 34.0 Å². The van der Waals surface area contributed by atoms with E-state index in [-0.39, 0.29) is 28.9 Å². The molecule has 1 heterocycles. The summed E-state index contributed by atoms with van der Waals surface area (Å²) in [5.74, 6) is 2.23. The highest BCUT2D eigenvalue weighted by Gasteiger charge is 2.26. The third kappa shape index (κ3) is 6.56. The van der Waals surface area contributed by atoms with Gasteiger partial charge in [0.25, 0.3) is 0 Å². The van der Waals surface area contributed by atoms with Gasteiger partial charge >= 0.3 is 0 Å². The number of hydrogen-bond acceptors (Lipinski definition) is 4. The van der Waals surface area contributed by atoms with Gasteiger partial charge in [-0.15, -0.1) is 24.0 Å². The molecule has 0 amide bonds. The predicted octanol–water partition coefficient (Wildman–Crippen LogP) is 3.18. The fourth-order valence-electron chi connectivity index (χ4n) is 3.58. The number of aliphatic imine (C=N–C) groups is 1. The molecule has 2 N–H and O–H groups in total. The van der Waals surface area contributed by atoms with E-state index in [9.17, 15) is 8.42 Å². The Morgan fingerprint density at radius 3 is 2.42 bits per heavy atom. The highest BCUT2D eigenvalue weighted by atomic mass is 127. The zero-order valence-electron chi connectivity index (χ0n) is 18.2. The Kier molecular flexibility index (Phi) is 9.57. The van der Waals surface area contributed by atoms with Crippen molar-refractivity contribution in [3.8, 4) is 5.75 Å². The Bertz CT molecular complexity index is 963. The second kappa shape index (κ2) is 11.7. The van der Waals surface area contributed by atoms with Gasteiger partial charge in [-0.05, 0) is 55.8 Å². The minimum atomic E-state index is -3.42. The van der Waals surface area contributed by atoms with Crippen LogP contribution < -0.4 is 14.8 Å². The number of methoxy groups -OCH3 is 1. The number of likely N-dealkylation sites (tertiary alicyclic amines) is 1. The van der Waals surface area contributed by atoms with E-state index in [1.54, 1.807) is 31.4 Å². The minimum Gasteiger partial charge on any atom is -0.497 e. The summed E-state index contributed by atoms with van der Waals surface area (Å²) < 4.78 is 31.3. The lowest BCUT2D eigenvalue weighted by Crippen LogP contribution is -2.40. The van der Waals surface area contributed by atoms with Crippen LogP contribution in [-0.4, -0.2) is 53.1 Å². The fourth-order valence-corrected chi connectivity index (χ4v) is 4.31. The Labute approximate surface area is 202 Å². The first-order chi connectivity index (χ1) is 14.5. The van der Waals surface area contributed by atoms with E-state index in [0.29, 0.717) is 12.5 Å². The Morgan fingerprint density at radius 1 is 1.16 bits per heavy atom. The second-order valence-corrected chi connectivity index (χ2v) is 9.11. The Balaban J connectivity index is 0.00000341. The number of benzene rings is 2. The van der Waals surface area contributed by atoms with E-state index in [1.165, 1.54) is 12.6 Å². The Morgan fingerprint density at radius 2 is 1.84 bits per heavy atom. The lowest BCUT2D eigenvalue weighted by molar-refractivity contribution is 0.414. The number of ether oxygens (including phenoxy) is 1. The summed E-state index contributed by atoms with van der Waals surface area (Å²) in [7, 11) is -0.332. The summed E-state index contributed by atoms with van der Waals surface area (Å²) in [6.07, 6.45) is 1.08. The van der Waals surface area contributed by atoms with E-state index in [0.717, 1.165) is 43.3 Å². The van der Waals surface area contributed by atoms with E-state index < -0.39 is 10.0 Å². The van der Waals surface area contributed by atoms with Gasteiger partial charge in [0, 0.05) is 25.6 Å². The van der Waals surface area contributed by atoms with Crippen molar-refractivity contribution >= 4 is 40.0 Å². The first-order valence-corrected chi connectivity index (χ1v) is 11.6. The molecule has 0 bridgehead atoms. The molecule has 0 aromatic heterocycles. The zero-order valence-corrected chi connectivity index (χ0v) is 21.3. The van der Waals surface area contributed by atoms with Gasteiger partial charge in [0.05, 0.1) is 18.6 Å². The summed E-state index contributed by atoms with van der Waals surface area (Å²) in [4.78, 5) is 7.33. The van der Waals surface area contributed by atoms with Crippen molar-refractivity contribution < 1.29 is 13.2 Å². The molecule has 9 heteroatoms. The van der Waals surface area contributed by atoms with Gasteiger partial charge in [-0.3, -0.25) is 0 Å². The van der Waals surface area contributed by atoms with Gasteiger partial charge in [-0.1, -0.05) is 24.3 Å². The molecular weight excluding hydrogens is 527 g/mol. The summed E-state index contributed by atoms with van der Waals surface area (Å²) in [6.45, 7) is 5.21. The van der Waals surface area contributed by atoms with E-state index >= 15 is 0 Å². The molecule has 1 saturated heterocycles. The highest BCUT2D eigenvalue weighted by Crippen LogP contribution is 2.28. The number of nitrogens with zero attached hydrogens (tertiary/aromatic N) is 2. The van der Waals surface area contributed by atoms with E-state index in [1.807, 2.05) is 12.1 Å². The van der Waals surface area contributed by atoms with Crippen LogP contribution in [0, 0.1) is 0 Å². The van der Waals surface area contributed by atoms with Crippen molar-refractivity contribution in [3.63, 3.8) is 0 Å². The molecule has 0 saturated carbocycles. The van der Waals surface area contributed by atoms with Gasteiger partial charge in [0.15, 0.2) is 5.96 Å². The average molecular weight is 558 g/mol. The van der Waals surface area contributed by atoms with Crippen LogP contribution in [0.5, 0.6) is 5.75 Å². The maximum atomic E-state index is 11.9. The number of guanidine groups is 1.